The highest BCUT2D eigenvalue weighted by atomic mass is 32.2. The predicted molar refractivity (Wildman–Crippen MR) is 123 cm³/mol. The fourth-order valence-electron chi connectivity index (χ4n) is 3.31. The minimum Gasteiger partial charge on any atom is -0.379 e. The third-order valence-electron chi connectivity index (χ3n) is 5.00. The lowest BCUT2D eigenvalue weighted by atomic mass is 10.2. The van der Waals surface area contributed by atoms with E-state index in [4.69, 9.17) is 4.74 Å². The van der Waals surface area contributed by atoms with Gasteiger partial charge in [0.05, 0.1) is 31.2 Å². The highest BCUT2D eigenvalue weighted by Crippen LogP contribution is 2.17. The molecule has 2 heterocycles. The van der Waals surface area contributed by atoms with E-state index >= 15 is 0 Å². The SMILES string of the molecule is Cc1cccc(NC(=O)CN(C)CC(=O)NCc2ccc(S(=O)(=O)N3CCOCC3)cc2)n1. The second-order valence-corrected chi connectivity index (χ2v) is 9.76. The Hall–Kier alpha value is -2.86. The number of anilines is 1. The highest BCUT2D eigenvalue weighted by molar-refractivity contribution is 7.89. The second-order valence-electron chi connectivity index (χ2n) is 7.82. The lowest BCUT2D eigenvalue weighted by Gasteiger charge is -2.26. The third-order valence-corrected chi connectivity index (χ3v) is 6.92. The van der Waals surface area contributed by atoms with Gasteiger partial charge in [-0.15, -0.1) is 0 Å². The molecule has 10 nitrogen and oxygen atoms in total. The number of amides is 2. The number of aryl methyl sites for hydroxylation is 1. The van der Waals surface area contributed by atoms with E-state index in [0.717, 1.165) is 11.3 Å². The van der Waals surface area contributed by atoms with Gasteiger partial charge in [0.2, 0.25) is 21.8 Å². The van der Waals surface area contributed by atoms with Gasteiger partial charge >= 0.3 is 0 Å². The number of hydrogen-bond acceptors (Lipinski definition) is 7. The molecule has 1 aliphatic rings. The second kappa shape index (κ2) is 11.3. The summed E-state index contributed by atoms with van der Waals surface area (Å²) in [6.45, 7) is 3.63. The van der Waals surface area contributed by atoms with E-state index < -0.39 is 10.0 Å². The van der Waals surface area contributed by atoms with Gasteiger partial charge in [0.15, 0.2) is 0 Å². The molecule has 33 heavy (non-hydrogen) atoms. The molecule has 0 radical (unpaired) electrons. The quantitative estimate of drug-likeness (QED) is 0.545. The molecule has 2 aromatic rings. The molecule has 1 aliphatic heterocycles. The Kier molecular flexibility index (Phi) is 8.50. The molecule has 0 atom stereocenters. The van der Waals surface area contributed by atoms with Crippen molar-refractivity contribution in [3.63, 3.8) is 0 Å². The molecule has 2 N–H and O–H groups in total. The third kappa shape index (κ3) is 7.32. The zero-order chi connectivity index (χ0) is 23.8. The van der Waals surface area contributed by atoms with Crippen molar-refractivity contribution in [3.05, 3.63) is 53.7 Å². The number of carbonyl (C=O) groups is 2. The molecular weight excluding hydrogens is 446 g/mol. The summed E-state index contributed by atoms with van der Waals surface area (Å²) in [6.07, 6.45) is 0. The van der Waals surface area contributed by atoms with Crippen LogP contribution in [0.15, 0.2) is 47.4 Å². The number of nitrogens with zero attached hydrogens (tertiary/aromatic N) is 3. The molecular formula is C22H29N5O5S. The maximum Gasteiger partial charge on any atom is 0.243 e. The van der Waals surface area contributed by atoms with Gasteiger partial charge < -0.3 is 15.4 Å². The summed E-state index contributed by atoms with van der Waals surface area (Å²) in [5.74, 6) is -0.0404. The zero-order valence-electron chi connectivity index (χ0n) is 18.8. The minimum absolute atomic E-state index is 0.0388. The zero-order valence-corrected chi connectivity index (χ0v) is 19.6. The van der Waals surface area contributed by atoms with Crippen LogP contribution in [0.2, 0.25) is 0 Å². The summed E-state index contributed by atoms with van der Waals surface area (Å²) in [6, 6.07) is 11.8. The smallest absolute Gasteiger partial charge is 0.243 e. The Morgan fingerprint density at radius 1 is 1.06 bits per heavy atom. The summed E-state index contributed by atoms with van der Waals surface area (Å²) >= 11 is 0. The van der Waals surface area contributed by atoms with Crippen LogP contribution in [-0.2, 0) is 30.9 Å². The molecule has 0 aliphatic carbocycles. The molecule has 2 amide bonds. The number of carbonyl (C=O) groups excluding carboxylic acids is 2. The Morgan fingerprint density at radius 2 is 1.73 bits per heavy atom. The van der Waals surface area contributed by atoms with Crippen LogP contribution < -0.4 is 10.6 Å². The van der Waals surface area contributed by atoms with Crippen molar-refractivity contribution in [2.75, 3.05) is 51.8 Å². The first kappa shape index (κ1) is 24.8. The van der Waals surface area contributed by atoms with Crippen LogP contribution in [0.25, 0.3) is 0 Å². The maximum atomic E-state index is 12.7. The Labute approximate surface area is 194 Å². The number of aromatic nitrogens is 1. The molecule has 0 bridgehead atoms. The number of ether oxygens (including phenoxy) is 1. The monoisotopic (exact) mass is 475 g/mol. The van der Waals surface area contributed by atoms with Crippen LogP contribution in [0.3, 0.4) is 0 Å². The molecule has 0 spiro atoms. The van der Waals surface area contributed by atoms with Crippen molar-refractivity contribution in [2.24, 2.45) is 0 Å². The van der Waals surface area contributed by atoms with E-state index in [-0.39, 0.29) is 36.3 Å². The Balaban J connectivity index is 1.44. The number of hydrogen-bond donors (Lipinski definition) is 2. The van der Waals surface area contributed by atoms with Crippen molar-refractivity contribution < 1.29 is 22.7 Å². The van der Waals surface area contributed by atoms with Gasteiger partial charge in [-0.05, 0) is 43.8 Å². The molecule has 0 saturated carbocycles. The average molecular weight is 476 g/mol. The van der Waals surface area contributed by atoms with Gasteiger partial charge in [-0.2, -0.15) is 4.31 Å². The number of rotatable bonds is 9. The Morgan fingerprint density at radius 3 is 2.39 bits per heavy atom. The lowest BCUT2D eigenvalue weighted by Crippen LogP contribution is -2.40. The lowest BCUT2D eigenvalue weighted by molar-refractivity contribution is -0.123. The van der Waals surface area contributed by atoms with Crippen LogP contribution in [0.4, 0.5) is 5.82 Å². The molecule has 1 aromatic carbocycles. The number of benzene rings is 1. The Bertz CT molecular complexity index is 1070. The van der Waals surface area contributed by atoms with Crippen LogP contribution in [0.5, 0.6) is 0 Å². The van der Waals surface area contributed by atoms with Crippen LogP contribution in [0, 0.1) is 6.92 Å². The van der Waals surface area contributed by atoms with Gasteiger partial charge in [-0.3, -0.25) is 14.5 Å². The first-order chi connectivity index (χ1) is 15.7. The summed E-state index contributed by atoms with van der Waals surface area (Å²) in [4.78, 5) is 30.4. The van der Waals surface area contributed by atoms with Crippen LogP contribution in [0.1, 0.15) is 11.3 Å². The van der Waals surface area contributed by atoms with Crippen LogP contribution >= 0.6 is 0 Å². The first-order valence-corrected chi connectivity index (χ1v) is 12.0. The summed E-state index contributed by atoms with van der Waals surface area (Å²) in [5.41, 5.74) is 1.57. The van der Waals surface area contributed by atoms with E-state index in [0.29, 0.717) is 32.1 Å². The normalized spacial score (nSPS) is 14.8. The van der Waals surface area contributed by atoms with Crippen molar-refractivity contribution >= 4 is 27.7 Å². The molecule has 1 saturated heterocycles. The maximum absolute atomic E-state index is 12.7. The van der Waals surface area contributed by atoms with Gasteiger partial charge in [-0.25, -0.2) is 13.4 Å². The van der Waals surface area contributed by atoms with E-state index in [1.807, 2.05) is 13.0 Å². The first-order valence-electron chi connectivity index (χ1n) is 10.6. The van der Waals surface area contributed by atoms with Gasteiger partial charge in [0.25, 0.3) is 0 Å². The standard InChI is InChI=1S/C22H29N5O5S/c1-17-4-3-5-20(24-17)25-22(29)16-26(2)15-21(28)23-14-18-6-8-19(9-7-18)33(30,31)27-10-12-32-13-11-27/h3-9H,10-16H2,1-2H3,(H,23,28)(H,24,25,29). The van der Waals surface area contributed by atoms with Gasteiger partial charge in [-0.1, -0.05) is 18.2 Å². The van der Waals surface area contributed by atoms with E-state index in [9.17, 15) is 18.0 Å². The average Bonchev–Trinajstić information content (AvgIpc) is 2.78. The summed E-state index contributed by atoms with van der Waals surface area (Å²) in [5, 5.41) is 5.48. The molecule has 11 heteroatoms. The van der Waals surface area contributed by atoms with E-state index in [2.05, 4.69) is 15.6 Å². The largest absolute Gasteiger partial charge is 0.379 e. The fourth-order valence-corrected chi connectivity index (χ4v) is 4.72. The van der Waals surface area contributed by atoms with E-state index in [1.165, 1.54) is 4.31 Å². The number of nitrogens with one attached hydrogen (secondary N) is 2. The van der Waals surface area contributed by atoms with E-state index in [1.54, 1.807) is 48.3 Å². The van der Waals surface area contributed by atoms with Gasteiger partial charge in [0.1, 0.15) is 5.82 Å². The highest BCUT2D eigenvalue weighted by Gasteiger charge is 2.26. The van der Waals surface area contributed by atoms with Crippen molar-refractivity contribution in [1.82, 2.24) is 19.5 Å². The number of likely N-dealkylation sites (N-methyl/N-ethyl adjacent to an activating group) is 1. The van der Waals surface area contributed by atoms with Crippen molar-refractivity contribution in [1.29, 1.82) is 0 Å². The molecule has 178 valence electrons. The topological polar surface area (TPSA) is 121 Å². The molecule has 1 aromatic heterocycles. The predicted octanol–water partition coefficient (Wildman–Crippen LogP) is 0.598. The molecule has 0 unspecified atom stereocenters. The fraction of sp³-hybridized carbons (Fsp3) is 0.409. The molecule has 1 fully saturated rings. The summed E-state index contributed by atoms with van der Waals surface area (Å²) in [7, 11) is -1.87. The number of morpholine rings is 1. The molecule has 3 rings (SSSR count). The van der Waals surface area contributed by atoms with Crippen molar-refractivity contribution in [2.45, 2.75) is 18.4 Å². The number of pyridine rings is 1. The summed E-state index contributed by atoms with van der Waals surface area (Å²) < 4.78 is 31.9. The van der Waals surface area contributed by atoms with Crippen LogP contribution in [-0.4, -0.2) is 80.9 Å². The number of sulfonamides is 1. The van der Waals surface area contributed by atoms with Gasteiger partial charge in [0, 0.05) is 25.3 Å². The van der Waals surface area contributed by atoms with Crippen molar-refractivity contribution in [3.8, 4) is 0 Å². The minimum atomic E-state index is -3.55.